The number of amides is 1. The van der Waals surface area contributed by atoms with Crippen molar-refractivity contribution >= 4 is 50.8 Å². The predicted octanol–water partition coefficient (Wildman–Crippen LogP) is 3.29. The fraction of sp³-hybridized carbons (Fsp3) is 0.118. The Hall–Kier alpha value is -2.65. The average molecular weight is 439 g/mol. The number of hydrogen-bond acceptors (Lipinski definition) is 5. The van der Waals surface area contributed by atoms with Crippen molar-refractivity contribution in [1.82, 2.24) is 5.32 Å². The zero-order valence-corrected chi connectivity index (χ0v) is 16.2. The first kappa shape index (κ1) is 19.7. The number of carbonyl (C=O) groups excluding carboxylic acids is 1. The van der Waals surface area contributed by atoms with Crippen molar-refractivity contribution in [2.75, 3.05) is 19.5 Å². The molecule has 0 bridgehead atoms. The lowest BCUT2D eigenvalue weighted by atomic mass is 10.2. The van der Waals surface area contributed by atoms with E-state index in [2.05, 4.69) is 26.6 Å². The number of thiocarbonyl (C=S) groups is 1. The number of halogens is 1. The standard InChI is InChI=1S/C17H15BrN2O5S/c1-24-13-5-3-9(7-11(13)18)15(21)20-17(26)19-12-8-10(16(22)23)4-6-14(12)25-2/h3-8H,1-2H3,(H,22,23)(H2,19,20,21,26). The Labute approximate surface area is 163 Å². The molecule has 9 heteroatoms. The third kappa shape index (κ3) is 4.70. The van der Waals surface area contributed by atoms with Crippen molar-refractivity contribution < 1.29 is 24.2 Å². The Bertz CT molecular complexity index is 872. The van der Waals surface area contributed by atoms with E-state index in [0.717, 1.165) is 0 Å². The molecule has 1 amide bonds. The number of carboxylic acids is 1. The van der Waals surface area contributed by atoms with Gasteiger partial charge in [-0.15, -0.1) is 0 Å². The molecule has 2 aromatic carbocycles. The minimum atomic E-state index is -1.09. The number of nitrogens with one attached hydrogen (secondary N) is 2. The van der Waals surface area contributed by atoms with Gasteiger partial charge in [0.15, 0.2) is 5.11 Å². The highest BCUT2D eigenvalue weighted by Crippen LogP contribution is 2.26. The van der Waals surface area contributed by atoms with Crippen molar-refractivity contribution in [3.8, 4) is 11.5 Å². The van der Waals surface area contributed by atoms with E-state index < -0.39 is 11.9 Å². The molecule has 0 radical (unpaired) electrons. The van der Waals surface area contributed by atoms with Crippen LogP contribution in [0.25, 0.3) is 0 Å². The van der Waals surface area contributed by atoms with Crippen LogP contribution in [0.4, 0.5) is 5.69 Å². The Kier molecular flexibility index (Phi) is 6.53. The molecule has 136 valence electrons. The molecule has 26 heavy (non-hydrogen) atoms. The highest BCUT2D eigenvalue weighted by atomic mass is 79.9. The quantitative estimate of drug-likeness (QED) is 0.616. The van der Waals surface area contributed by atoms with Gasteiger partial charge in [0, 0.05) is 5.56 Å². The van der Waals surface area contributed by atoms with Crippen LogP contribution in [0.2, 0.25) is 0 Å². The van der Waals surface area contributed by atoms with E-state index in [-0.39, 0.29) is 10.7 Å². The average Bonchev–Trinajstić information content (AvgIpc) is 2.61. The summed E-state index contributed by atoms with van der Waals surface area (Å²) < 4.78 is 10.9. The van der Waals surface area contributed by atoms with Crippen LogP contribution in [-0.4, -0.2) is 36.3 Å². The lowest BCUT2D eigenvalue weighted by Crippen LogP contribution is -2.34. The molecule has 0 heterocycles. The van der Waals surface area contributed by atoms with E-state index in [1.165, 1.54) is 32.4 Å². The van der Waals surface area contributed by atoms with Crippen LogP contribution < -0.4 is 20.1 Å². The van der Waals surface area contributed by atoms with Crippen LogP contribution in [-0.2, 0) is 0 Å². The summed E-state index contributed by atoms with van der Waals surface area (Å²) in [7, 11) is 2.97. The van der Waals surface area contributed by atoms with Gasteiger partial charge in [-0.1, -0.05) is 0 Å². The smallest absolute Gasteiger partial charge is 0.335 e. The Morgan fingerprint density at radius 1 is 1.04 bits per heavy atom. The summed E-state index contributed by atoms with van der Waals surface area (Å²) in [6.45, 7) is 0. The van der Waals surface area contributed by atoms with Crippen molar-refractivity contribution in [3.05, 3.63) is 52.0 Å². The molecular formula is C17H15BrN2O5S. The van der Waals surface area contributed by atoms with Gasteiger partial charge in [0.2, 0.25) is 0 Å². The van der Waals surface area contributed by atoms with Crippen LogP contribution in [0, 0.1) is 0 Å². The van der Waals surface area contributed by atoms with Gasteiger partial charge >= 0.3 is 5.97 Å². The second-order valence-corrected chi connectivity index (χ2v) is 6.24. The maximum absolute atomic E-state index is 12.3. The number of carbonyl (C=O) groups is 2. The first-order valence-corrected chi connectivity index (χ1v) is 8.43. The molecule has 2 aromatic rings. The maximum atomic E-state index is 12.3. The number of carboxylic acid groups (broad SMARTS) is 1. The number of hydrogen-bond donors (Lipinski definition) is 3. The summed E-state index contributed by atoms with van der Waals surface area (Å²) in [6, 6.07) is 9.10. The molecule has 0 aromatic heterocycles. The first-order chi connectivity index (χ1) is 12.3. The minimum Gasteiger partial charge on any atom is -0.496 e. The number of rotatable bonds is 5. The van der Waals surface area contributed by atoms with Gasteiger partial charge in [-0.05, 0) is 64.5 Å². The fourth-order valence-electron chi connectivity index (χ4n) is 2.08. The highest BCUT2D eigenvalue weighted by Gasteiger charge is 2.13. The third-order valence-electron chi connectivity index (χ3n) is 3.34. The van der Waals surface area contributed by atoms with E-state index in [1.54, 1.807) is 18.2 Å². The number of methoxy groups -OCH3 is 2. The van der Waals surface area contributed by atoms with Gasteiger partial charge in [0.25, 0.3) is 5.91 Å². The van der Waals surface area contributed by atoms with Gasteiger partial charge in [-0.25, -0.2) is 4.79 Å². The van der Waals surface area contributed by atoms with Crippen molar-refractivity contribution in [2.24, 2.45) is 0 Å². The van der Waals surface area contributed by atoms with E-state index in [1.807, 2.05) is 0 Å². The maximum Gasteiger partial charge on any atom is 0.335 e. The number of aromatic carboxylic acids is 1. The fourth-order valence-corrected chi connectivity index (χ4v) is 2.82. The predicted molar refractivity (Wildman–Crippen MR) is 104 cm³/mol. The molecule has 0 fully saturated rings. The van der Waals surface area contributed by atoms with E-state index >= 15 is 0 Å². The normalized spacial score (nSPS) is 9.96. The van der Waals surface area contributed by atoms with Crippen LogP contribution in [0.5, 0.6) is 11.5 Å². The second-order valence-electron chi connectivity index (χ2n) is 4.98. The largest absolute Gasteiger partial charge is 0.496 e. The Morgan fingerprint density at radius 2 is 1.65 bits per heavy atom. The third-order valence-corrected chi connectivity index (χ3v) is 4.16. The van der Waals surface area contributed by atoms with E-state index in [4.69, 9.17) is 26.8 Å². The van der Waals surface area contributed by atoms with Crippen LogP contribution in [0.3, 0.4) is 0 Å². The molecule has 3 N–H and O–H groups in total. The lowest BCUT2D eigenvalue weighted by molar-refractivity contribution is 0.0696. The summed E-state index contributed by atoms with van der Waals surface area (Å²) in [5, 5.41) is 14.4. The highest BCUT2D eigenvalue weighted by molar-refractivity contribution is 9.10. The van der Waals surface area contributed by atoms with E-state index in [0.29, 0.717) is 27.2 Å². The van der Waals surface area contributed by atoms with Crippen LogP contribution in [0.1, 0.15) is 20.7 Å². The SMILES string of the molecule is COc1ccc(C(=O)NC(=S)Nc2cc(C(=O)O)ccc2OC)cc1Br. The van der Waals surface area contributed by atoms with Gasteiger partial charge < -0.3 is 19.9 Å². The number of anilines is 1. The van der Waals surface area contributed by atoms with Crippen molar-refractivity contribution in [1.29, 1.82) is 0 Å². The molecule has 0 aliphatic rings. The monoisotopic (exact) mass is 438 g/mol. The van der Waals surface area contributed by atoms with Gasteiger partial charge in [-0.2, -0.15) is 0 Å². The Morgan fingerprint density at radius 3 is 2.23 bits per heavy atom. The summed E-state index contributed by atoms with van der Waals surface area (Å²) in [6.07, 6.45) is 0. The molecule has 0 atom stereocenters. The molecular weight excluding hydrogens is 424 g/mol. The zero-order valence-electron chi connectivity index (χ0n) is 13.8. The zero-order chi connectivity index (χ0) is 19.3. The van der Waals surface area contributed by atoms with Crippen LogP contribution in [0.15, 0.2) is 40.9 Å². The van der Waals surface area contributed by atoms with Crippen molar-refractivity contribution in [3.63, 3.8) is 0 Å². The van der Waals surface area contributed by atoms with Gasteiger partial charge in [0.05, 0.1) is 29.9 Å². The molecule has 0 spiro atoms. The lowest BCUT2D eigenvalue weighted by Gasteiger charge is -2.14. The van der Waals surface area contributed by atoms with Gasteiger partial charge in [0.1, 0.15) is 11.5 Å². The molecule has 0 aliphatic heterocycles. The van der Waals surface area contributed by atoms with Gasteiger partial charge in [-0.3, -0.25) is 10.1 Å². The second kappa shape index (κ2) is 8.63. The summed E-state index contributed by atoms with van der Waals surface area (Å²) in [4.78, 5) is 23.4. The topological polar surface area (TPSA) is 96.9 Å². The summed E-state index contributed by atoms with van der Waals surface area (Å²) in [5.74, 6) is -0.538. The number of ether oxygens (including phenoxy) is 2. The molecule has 7 nitrogen and oxygen atoms in total. The van der Waals surface area contributed by atoms with Crippen molar-refractivity contribution in [2.45, 2.75) is 0 Å². The summed E-state index contributed by atoms with van der Waals surface area (Å²) in [5.41, 5.74) is 0.753. The Balaban J connectivity index is 2.13. The first-order valence-electron chi connectivity index (χ1n) is 7.23. The van der Waals surface area contributed by atoms with E-state index in [9.17, 15) is 9.59 Å². The molecule has 0 aliphatic carbocycles. The van der Waals surface area contributed by atoms with Crippen LogP contribution >= 0.6 is 28.1 Å². The minimum absolute atomic E-state index is 0.00257. The molecule has 0 unspecified atom stereocenters. The number of benzene rings is 2. The summed E-state index contributed by atoms with van der Waals surface area (Å²) >= 11 is 8.44. The molecule has 0 saturated heterocycles. The molecule has 0 saturated carbocycles. The molecule has 2 rings (SSSR count).